The molecule has 1 rings (SSSR count). The number of hydrogen-bond acceptors (Lipinski definition) is 4. The molecular weight excluding hydrogens is 250 g/mol. The molecule has 1 aromatic rings. The lowest BCUT2D eigenvalue weighted by atomic mass is 10.5. The van der Waals surface area contributed by atoms with Crippen LogP contribution >= 0.6 is 34.9 Å². The highest BCUT2D eigenvalue weighted by molar-refractivity contribution is 8.00. The van der Waals surface area contributed by atoms with Crippen molar-refractivity contribution in [1.82, 2.24) is 9.36 Å². The zero-order valence-electron chi connectivity index (χ0n) is 7.04. The van der Waals surface area contributed by atoms with Crippen LogP contribution in [0.5, 0.6) is 0 Å². The van der Waals surface area contributed by atoms with Crippen LogP contribution in [0.25, 0.3) is 0 Å². The summed E-state index contributed by atoms with van der Waals surface area (Å²) >= 11 is 8.16. The van der Waals surface area contributed by atoms with E-state index in [9.17, 15) is 8.78 Å². The highest BCUT2D eigenvalue weighted by Crippen LogP contribution is 2.21. The Morgan fingerprint density at radius 1 is 1.57 bits per heavy atom. The first-order valence-corrected chi connectivity index (χ1v) is 6.04. The van der Waals surface area contributed by atoms with Crippen LogP contribution in [0, 0.1) is 0 Å². The molecule has 1 heterocycles. The molecule has 0 N–H and O–H groups in total. The van der Waals surface area contributed by atoms with Crippen LogP contribution in [0.15, 0.2) is 16.5 Å². The summed E-state index contributed by atoms with van der Waals surface area (Å²) in [6, 6.07) is 0. The Morgan fingerprint density at radius 2 is 2.36 bits per heavy atom. The zero-order valence-corrected chi connectivity index (χ0v) is 9.43. The number of rotatable bonds is 5. The van der Waals surface area contributed by atoms with Gasteiger partial charge in [0.1, 0.15) is 0 Å². The largest absolute Gasteiger partial charge is 0.266 e. The molecule has 0 bridgehead atoms. The molecule has 2 nitrogen and oxygen atoms in total. The molecule has 0 aliphatic carbocycles. The van der Waals surface area contributed by atoms with Gasteiger partial charge in [-0.05, 0) is 24.0 Å². The third-order valence-corrected chi connectivity index (χ3v) is 3.35. The number of alkyl halides is 1. The fourth-order valence-electron chi connectivity index (χ4n) is 0.665. The van der Waals surface area contributed by atoms with Crippen molar-refractivity contribution in [1.29, 1.82) is 0 Å². The average Bonchev–Trinajstić information content (AvgIpc) is 2.60. The van der Waals surface area contributed by atoms with Crippen molar-refractivity contribution in [3.8, 4) is 0 Å². The molecule has 14 heavy (non-hydrogen) atoms. The van der Waals surface area contributed by atoms with E-state index >= 15 is 0 Å². The fourth-order valence-corrected chi connectivity index (χ4v) is 2.44. The maximum atomic E-state index is 11.6. The first kappa shape index (κ1) is 11.9. The monoisotopic (exact) mass is 256 g/mol. The first-order valence-electron chi connectivity index (χ1n) is 3.75. The van der Waals surface area contributed by atoms with E-state index in [4.69, 9.17) is 11.6 Å². The maximum Gasteiger partial charge on any atom is 0.266 e. The molecule has 0 unspecified atom stereocenters. The first-order chi connectivity index (χ1) is 6.72. The van der Waals surface area contributed by atoms with Gasteiger partial charge < -0.3 is 0 Å². The molecule has 0 saturated heterocycles. The van der Waals surface area contributed by atoms with Gasteiger partial charge in [-0.25, -0.2) is 4.98 Å². The normalized spacial score (nSPS) is 10.2. The van der Waals surface area contributed by atoms with E-state index in [1.807, 2.05) is 0 Å². The minimum absolute atomic E-state index is 0.288. The number of allylic oxidation sites excluding steroid dienone is 1. The number of hydrogen-bond donors (Lipinski definition) is 0. The summed E-state index contributed by atoms with van der Waals surface area (Å²) in [5.74, 6) is 1.45. The molecule has 0 saturated carbocycles. The van der Waals surface area contributed by atoms with Gasteiger partial charge in [0.05, 0.1) is 5.88 Å². The summed E-state index contributed by atoms with van der Waals surface area (Å²) in [6.07, 6.45) is -0.399. The minimum atomic E-state index is -1.63. The molecule has 0 aliphatic rings. The molecule has 0 aromatic carbocycles. The Morgan fingerprint density at radius 3 is 2.93 bits per heavy atom. The molecule has 0 amide bonds. The van der Waals surface area contributed by atoms with Crippen molar-refractivity contribution in [3.05, 3.63) is 18.0 Å². The third kappa shape index (κ3) is 4.34. The van der Waals surface area contributed by atoms with Gasteiger partial charge in [0.25, 0.3) is 6.08 Å². The van der Waals surface area contributed by atoms with E-state index in [0.29, 0.717) is 18.0 Å². The van der Waals surface area contributed by atoms with E-state index < -0.39 is 6.08 Å². The summed E-state index contributed by atoms with van der Waals surface area (Å²) in [5.41, 5.74) is 0. The van der Waals surface area contributed by atoms with E-state index in [1.54, 1.807) is 0 Å². The Labute approximate surface area is 93.5 Å². The molecule has 7 heteroatoms. The second-order valence-electron chi connectivity index (χ2n) is 2.24. The van der Waals surface area contributed by atoms with Crippen LogP contribution in [-0.4, -0.2) is 15.1 Å². The van der Waals surface area contributed by atoms with Crippen LogP contribution in [0.4, 0.5) is 8.78 Å². The lowest BCUT2D eigenvalue weighted by Crippen LogP contribution is -1.80. The van der Waals surface area contributed by atoms with Gasteiger partial charge in [0, 0.05) is 5.75 Å². The van der Waals surface area contributed by atoms with Crippen molar-refractivity contribution in [2.75, 3.05) is 5.75 Å². The maximum absolute atomic E-state index is 11.6. The third-order valence-electron chi connectivity index (χ3n) is 1.21. The highest BCUT2D eigenvalue weighted by Gasteiger charge is 2.02. The van der Waals surface area contributed by atoms with Crippen LogP contribution in [-0.2, 0) is 5.88 Å². The van der Waals surface area contributed by atoms with E-state index in [2.05, 4.69) is 9.36 Å². The van der Waals surface area contributed by atoms with Crippen molar-refractivity contribution in [3.63, 3.8) is 0 Å². The lowest BCUT2D eigenvalue weighted by molar-refractivity contribution is 0.418. The zero-order chi connectivity index (χ0) is 10.4. The number of thioether (sulfide) groups is 1. The van der Waals surface area contributed by atoms with Crippen molar-refractivity contribution in [2.24, 2.45) is 0 Å². The molecule has 0 radical (unpaired) electrons. The molecular formula is C7H7ClF2N2S2. The molecule has 78 valence electrons. The summed E-state index contributed by atoms with van der Waals surface area (Å²) in [5, 5.41) is 0. The standard InChI is InChI=1S/C7H7ClF2N2S2/c8-4-6-11-7(14-12-6)13-3-1-2-5(9)10/h2H,1,3-4H2. The summed E-state index contributed by atoms with van der Waals surface area (Å²) in [4.78, 5) is 4.08. The fraction of sp³-hybridized carbons (Fsp3) is 0.429. The Hall–Kier alpha value is -0.200. The minimum Gasteiger partial charge on any atom is -0.212 e. The Balaban J connectivity index is 2.28. The summed E-state index contributed by atoms with van der Waals surface area (Å²) < 4.78 is 28.0. The molecule has 0 fully saturated rings. The van der Waals surface area contributed by atoms with Crippen LogP contribution < -0.4 is 0 Å². The SMILES string of the molecule is FC(F)=CCCSc1nc(CCl)ns1. The second kappa shape index (κ2) is 6.31. The molecule has 0 spiro atoms. The van der Waals surface area contributed by atoms with Crippen LogP contribution in [0.2, 0.25) is 0 Å². The van der Waals surface area contributed by atoms with E-state index in [0.717, 1.165) is 10.4 Å². The van der Waals surface area contributed by atoms with E-state index in [1.165, 1.54) is 23.3 Å². The Bertz CT molecular complexity index is 312. The lowest BCUT2D eigenvalue weighted by Gasteiger charge is -1.90. The van der Waals surface area contributed by atoms with Gasteiger partial charge in [-0.1, -0.05) is 11.8 Å². The second-order valence-corrected chi connectivity index (χ2v) is 4.60. The molecule has 1 aromatic heterocycles. The van der Waals surface area contributed by atoms with Gasteiger partial charge in [-0.3, -0.25) is 0 Å². The van der Waals surface area contributed by atoms with Crippen LogP contribution in [0.1, 0.15) is 12.2 Å². The van der Waals surface area contributed by atoms with Crippen molar-refractivity contribution in [2.45, 2.75) is 16.6 Å². The topological polar surface area (TPSA) is 25.8 Å². The summed E-state index contributed by atoms with van der Waals surface area (Å²) in [6.45, 7) is 0. The Kier molecular flexibility index (Phi) is 5.36. The predicted octanol–water partition coefficient (Wildman–Crippen LogP) is 3.54. The van der Waals surface area contributed by atoms with E-state index in [-0.39, 0.29) is 5.88 Å². The number of halogens is 3. The molecule has 0 aliphatic heterocycles. The van der Waals surface area contributed by atoms with Crippen molar-refractivity contribution < 1.29 is 8.78 Å². The smallest absolute Gasteiger partial charge is 0.212 e. The highest BCUT2D eigenvalue weighted by atomic mass is 35.5. The number of aromatic nitrogens is 2. The van der Waals surface area contributed by atoms with Gasteiger partial charge in [-0.15, -0.1) is 11.6 Å². The van der Waals surface area contributed by atoms with Gasteiger partial charge in [-0.2, -0.15) is 13.2 Å². The quantitative estimate of drug-likeness (QED) is 0.458. The predicted molar refractivity (Wildman–Crippen MR) is 55.1 cm³/mol. The van der Waals surface area contributed by atoms with Gasteiger partial charge in [0.2, 0.25) is 0 Å². The molecule has 0 atom stereocenters. The number of nitrogens with zero attached hydrogens (tertiary/aromatic N) is 2. The van der Waals surface area contributed by atoms with Gasteiger partial charge >= 0.3 is 0 Å². The van der Waals surface area contributed by atoms with Gasteiger partial charge in [0.15, 0.2) is 10.2 Å². The van der Waals surface area contributed by atoms with Crippen LogP contribution in [0.3, 0.4) is 0 Å². The average molecular weight is 257 g/mol. The summed E-state index contributed by atoms with van der Waals surface area (Å²) in [7, 11) is 0. The van der Waals surface area contributed by atoms with Crippen molar-refractivity contribution >= 4 is 34.9 Å².